The molecule has 4 rings (SSSR count). The Bertz CT molecular complexity index is 882. The number of fused-ring (bicyclic) bond motifs is 1. The second-order valence-electron chi connectivity index (χ2n) is 8.84. The van der Waals surface area contributed by atoms with Gasteiger partial charge in [-0.15, -0.1) is 0 Å². The fraction of sp³-hybridized carbons (Fsp3) is 0.542. The van der Waals surface area contributed by atoms with Crippen LogP contribution in [0.15, 0.2) is 24.3 Å². The lowest BCUT2D eigenvalue weighted by molar-refractivity contribution is -0.119. The molecule has 2 aliphatic rings. The molecule has 2 aliphatic heterocycles. The Morgan fingerprint density at radius 2 is 1.72 bits per heavy atom. The van der Waals surface area contributed by atoms with Crippen LogP contribution in [-0.2, 0) is 17.8 Å². The van der Waals surface area contributed by atoms with E-state index in [1.165, 1.54) is 5.56 Å². The minimum Gasteiger partial charge on any atom is -0.301 e. The highest BCUT2D eigenvalue weighted by atomic mass is 16.2. The van der Waals surface area contributed by atoms with Crippen LogP contribution in [0, 0.1) is 13.8 Å². The largest absolute Gasteiger partial charge is 0.301 e. The quantitative estimate of drug-likeness (QED) is 0.784. The number of piperidine rings is 1. The van der Waals surface area contributed by atoms with Crippen LogP contribution in [0.5, 0.6) is 0 Å². The number of hydrogen-bond acceptors (Lipinski definition) is 4. The van der Waals surface area contributed by atoms with Crippen molar-refractivity contribution in [3.63, 3.8) is 0 Å². The number of benzene rings is 1. The maximum Gasteiger partial charge on any atom is 0.228 e. The molecule has 5 heteroatoms. The fourth-order valence-electron chi connectivity index (χ4n) is 4.50. The van der Waals surface area contributed by atoms with Gasteiger partial charge in [0.05, 0.1) is 6.54 Å². The third-order valence-corrected chi connectivity index (χ3v) is 6.44. The summed E-state index contributed by atoms with van der Waals surface area (Å²) < 4.78 is 0. The van der Waals surface area contributed by atoms with Gasteiger partial charge in [-0.05, 0) is 65.6 Å². The van der Waals surface area contributed by atoms with Crippen LogP contribution < -0.4 is 4.90 Å². The number of nitrogens with zero attached hydrogens (tertiary/aromatic N) is 4. The number of likely N-dealkylation sites (tertiary alicyclic amines) is 1. The molecule has 2 aromatic rings. The van der Waals surface area contributed by atoms with Gasteiger partial charge in [-0.25, -0.2) is 9.97 Å². The number of carbonyl (C=O) groups is 1. The third kappa shape index (κ3) is 4.20. The van der Waals surface area contributed by atoms with Crippen molar-refractivity contribution in [3.05, 3.63) is 52.5 Å². The molecule has 1 aromatic carbocycles. The van der Waals surface area contributed by atoms with Crippen LogP contribution in [0.4, 0.5) is 5.82 Å². The minimum absolute atomic E-state index is 0.164. The Hall–Kier alpha value is -2.27. The molecule has 1 amide bonds. The molecule has 154 valence electrons. The van der Waals surface area contributed by atoms with Crippen molar-refractivity contribution in [1.82, 2.24) is 14.9 Å². The van der Waals surface area contributed by atoms with Crippen molar-refractivity contribution in [2.24, 2.45) is 0 Å². The summed E-state index contributed by atoms with van der Waals surface area (Å²) in [5.41, 5.74) is 4.55. The number of aromatic nitrogens is 2. The summed E-state index contributed by atoms with van der Waals surface area (Å²) in [6, 6.07) is 9.00. The first-order chi connectivity index (χ1) is 13.9. The maximum atomic E-state index is 12.8. The normalized spacial score (nSPS) is 18.4. The topological polar surface area (TPSA) is 49.3 Å². The summed E-state index contributed by atoms with van der Waals surface area (Å²) in [4.78, 5) is 27.1. The van der Waals surface area contributed by atoms with Crippen LogP contribution in [0.25, 0.3) is 0 Å². The SMILES string of the molecule is Cc1ccc(CN2C(=O)CCc3c(C)nc(C4CCN(C(C)C)CC4)nc32)cc1. The van der Waals surface area contributed by atoms with E-state index in [9.17, 15) is 4.79 Å². The summed E-state index contributed by atoms with van der Waals surface area (Å²) in [6.07, 6.45) is 3.45. The van der Waals surface area contributed by atoms with Gasteiger partial charge in [0.2, 0.25) is 5.91 Å². The Morgan fingerprint density at radius 1 is 1.03 bits per heavy atom. The molecule has 0 unspecified atom stereocenters. The first-order valence-electron chi connectivity index (χ1n) is 10.9. The van der Waals surface area contributed by atoms with Crippen molar-refractivity contribution in [2.45, 2.75) is 71.9 Å². The molecule has 3 heterocycles. The first-order valence-corrected chi connectivity index (χ1v) is 10.9. The number of amides is 1. The standard InChI is InChI=1S/C24H32N4O/c1-16(2)27-13-11-20(12-14-27)23-25-18(4)21-9-10-22(29)28(24(21)26-23)15-19-7-5-17(3)6-8-19/h5-8,16,20H,9-15H2,1-4H3. The zero-order chi connectivity index (χ0) is 20.5. The van der Waals surface area contributed by atoms with E-state index in [4.69, 9.17) is 9.97 Å². The monoisotopic (exact) mass is 392 g/mol. The van der Waals surface area contributed by atoms with E-state index < -0.39 is 0 Å². The van der Waals surface area contributed by atoms with Gasteiger partial charge in [0.1, 0.15) is 11.6 Å². The van der Waals surface area contributed by atoms with Crippen LogP contribution in [0.3, 0.4) is 0 Å². The predicted octanol–water partition coefficient (Wildman–Crippen LogP) is 4.16. The van der Waals surface area contributed by atoms with Crippen LogP contribution in [-0.4, -0.2) is 39.9 Å². The number of anilines is 1. The molecule has 1 aromatic heterocycles. The van der Waals surface area contributed by atoms with Gasteiger partial charge in [0, 0.05) is 29.6 Å². The van der Waals surface area contributed by atoms with Crippen LogP contribution in [0.1, 0.15) is 67.2 Å². The molecular weight excluding hydrogens is 360 g/mol. The smallest absolute Gasteiger partial charge is 0.228 e. The fourth-order valence-corrected chi connectivity index (χ4v) is 4.50. The van der Waals surface area contributed by atoms with Crippen molar-refractivity contribution in [2.75, 3.05) is 18.0 Å². The Morgan fingerprint density at radius 3 is 2.38 bits per heavy atom. The van der Waals surface area contributed by atoms with Crippen LogP contribution >= 0.6 is 0 Å². The highest BCUT2D eigenvalue weighted by Gasteiger charge is 2.31. The van der Waals surface area contributed by atoms with E-state index in [2.05, 4.69) is 56.9 Å². The van der Waals surface area contributed by atoms with Gasteiger partial charge in [-0.2, -0.15) is 0 Å². The zero-order valence-corrected chi connectivity index (χ0v) is 18.1. The number of hydrogen-bond donors (Lipinski definition) is 0. The van der Waals surface area contributed by atoms with E-state index in [-0.39, 0.29) is 5.91 Å². The maximum absolute atomic E-state index is 12.8. The van der Waals surface area contributed by atoms with Crippen molar-refractivity contribution < 1.29 is 4.79 Å². The van der Waals surface area contributed by atoms with E-state index in [1.807, 2.05) is 4.90 Å². The lowest BCUT2D eigenvalue weighted by Crippen LogP contribution is -2.39. The molecular formula is C24H32N4O. The molecule has 1 saturated heterocycles. The molecule has 0 spiro atoms. The predicted molar refractivity (Wildman–Crippen MR) is 116 cm³/mol. The highest BCUT2D eigenvalue weighted by molar-refractivity contribution is 5.95. The molecule has 29 heavy (non-hydrogen) atoms. The second-order valence-corrected chi connectivity index (χ2v) is 8.84. The number of aryl methyl sites for hydroxylation is 2. The molecule has 0 aliphatic carbocycles. The Kier molecular flexibility index (Phi) is 5.68. The van der Waals surface area contributed by atoms with Gasteiger partial charge in [0.25, 0.3) is 0 Å². The lowest BCUT2D eigenvalue weighted by Gasteiger charge is -2.35. The third-order valence-electron chi connectivity index (χ3n) is 6.44. The minimum atomic E-state index is 0.164. The molecule has 0 N–H and O–H groups in total. The van der Waals surface area contributed by atoms with Gasteiger partial charge in [-0.1, -0.05) is 29.8 Å². The molecule has 0 radical (unpaired) electrons. The van der Waals surface area contributed by atoms with E-state index in [0.717, 1.165) is 60.8 Å². The summed E-state index contributed by atoms with van der Waals surface area (Å²) in [6.45, 7) is 11.4. The Balaban J connectivity index is 1.62. The molecule has 0 atom stereocenters. The van der Waals surface area contributed by atoms with E-state index >= 15 is 0 Å². The first kappa shape index (κ1) is 20.0. The molecule has 0 bridgehead atoms. The van der Waals surface area contributed by atoms with Gasteiger partial charge >= 0.3 is 0 Å². The molecule has 0 saturated carbocycles. The van der Waals surface area contributed by atoms with Crippen LogP contribution in [0.2, 0.25) is 0 Å². The second kappa shape index (κ2) is 8.23. The summed E-state index contributed by atoms with van der Waals surface area (Å²) >= 11 is 0. The van der Waals surface area contributed by atoms with Gasteiger partial charge in [0.15, 0.2) is 0 Å². The van der Waals surface area contributed by atoms with Crippen molar-refractivity contribution in [3.8, 4) is 0 Å². The highest BCUT2D eigenvalue weighted by Crippen LogP contribution is 2.33. The van der Waals surface area contributed by atoms with E-state index in [1.54, 1.807) is 0 Å². The summed E-state index contributed by atoms with van der Waals surface area (Å²) in [7, 11) is 0. The van der Waals surface area contributed by atoms with Gasteiger partial charge in [-0.3, -0.25) is 9.69 Å². The average Bonchev–Trinajstić information content (AvgIpc) is 2.71. The van der Waals surface area contributed by atoms with Gasteiger partial charge < -0.3 is 4.90 Å². The average molecular weight is 393 g/mol. The summed E-state index contributed by atoms with van der Waals surface area (Å²) in [5.74, 6) is 2.31. The number of rotatable bonds is 4. The zero-order valence-electron chi connectivity index (χ0n) is 18.1. The van der Waals surface area contributed by atoms with Crippen molar-refractivity contribution >= 4 is 11.7 Å². The lowest BCUT2D eigenvalue weighted by atomic mass is 9.94. The van der Waals surface area contributed by atoms with E-state index in [0.29, 0.717) is 24.9 Å². The summed E-state index contributed by atoms with van der Waals surface area (Å²) in [5, 5.41) is 0. The number of carbonyl (C=O) groups excluding carboxylic acids is 1. The Labute approximate surface area is 174 Å². The molecule has 5 nitrogen and oxygen atoms in total. The van der Waals surface area contributed by atoms with Crippen molar-refractivity contribution in [1.29, 1.82) is 0 Å². The molecule has 1 fully saturated rings.